The molecule has 0 saturated carbocycles. The van der Waals surface area contributed by atoms with E-state index in [1.54, 1.807) is 6.92 Å². The second-order valence-electron chi connectivity index (χ2n) is 11.7. The number of aliphatic hydroxyl groups is 3. The Bertz CT molecular complexity index is 1490. The highest BCUT2D eigenvalue weighted by Crippen LogP contribution is 2.43. The summed E-state index contributed by atoms with van der Waals surface area (Å²) in [5, 5.41) is 54.0. The summed E-state index contributed by atoms with van der Waals surface area (Å²) < 4.78 is 27.8. The molecular formula is C32H39NO13. The van der Waals surface area contributed by atoms with E-state index in [0.717, 1.165) is 6.07 Å². The molecule has 0 amide bonds. The summed E-state index contributed by atoms with van der Waals surface area (Å²) in [4.78, 5) is 41.7. The zero-order valence-electron chi connectivity index (χ0n) is 25.8. The number of ether oxygens (including phenoxy) is 5. The minimum Gasteiger partial charge on any atom is -0.507 e. The van der Waals surface area contributed by atoms with Gasteiger partial charge in [-0.15, -0.1) is 0 Å². The van der Waals surface area contributed by atoms with Gasteiger partial charge in [-0.25, -0.2) is 0 Å². The monoisotopic (exact) mass is 645 g/mol. The molecule has 3 aliphatic rings. The Hall–Kier alpha value is -3.47. The fourth-order valence-corrected chi connectivity index (χ4v) is 6.41. The van der Waals surface area contributed by atoms with E-state index in [0.29, 0.717) is 19.7 Å². The third-order valence-electron chi connectivity index (χ3n) is 8.97. The van der Waals surface area contributed by atoms with E-state index in [1.807, 2.05) is 4.90 Å². The number of carbonyl (C=O) groups is 3. The van der Waals surface area contributed by atoms with E-state index < -0.39 is 83.4 Å². The molecule has 2 aromatic rings. The molecular weight excluding hydrogens is 606 g/mol. The molecule has 5 N–H and O–H groups in total. The molecule has 2 aliphatic heterocycles. The molecule has 46 heavy (non-hydrogen) atoms. The lowest BCUT2D eigenvalue weighted by atomic mass is 9.79. The van der Waals surface area contributed by atoms with Crippen LogP contribution in [-0.2, 0) is 30.2 Å². The number of phenolic OH excluding ortho intramolecular Hbond substituents is 2. The van der Waals surface area contributed by atoms with Gasteiger partial charge in [0, 0.05) is 56.6 Å². The minimum atomic E-state index is -2.30. The number of fused-ring (bicyclic) bond motifs is 2. The lowest BCUT2D eigenvalue weighted by Gasteiger charge is -2.45. The van der Waals surface area contributed by atoms with Crippen molar-refractivity contribution in [1.82, 2.24) is 4.90 Å². The second kappa shape index (κ2) is 13.7. The lowest BCUT2D eigenvalue weighted by molar-refractivity contribution is -0.251. The average molecular weight is 646 g/mol. The quantitative estimate of drug-likeness (QED) is 0.178. The van der Waals surface area contributed by atoms with E-state index >= 15 is 0 Å². The standard InChI is InChI=1S/C32H39NO13/c1-16-28(37)19(33-8-10-45-24(14-33)43-3)12-23(46-16)44-9-7-32(41,22(36)15-34)13-17-11-20(35)26-27(29(17)38)30(39)18-5-4-6-21(42-2)25(18)31(26)40/h4-6,11,16,19,23-24,28,34-35,37-38,41H,7-10,12-15H2,1-3H3/t16-,19-,23+,24-,28+,32+/m0/s1. The predicted molar refractivity (Wildman–Crippen MR) is 158 cm³/mol. The molecule has 2 fully saturated rings. The Labute approximate surface area is 265 Å². The van der Waals surface area contributed by atoms with E-state index in [9.17, 15) is 39.9 Å². The SMILES string of the molecule is COc1cccc2c1C(=O)c1c(O)cc(C[C@](O)(CCO[C@H]3C[C@H](N4CCO[C@H](OC)C4)[C@H](O)[C@H](C)O3)C(=O)CO)c(O)c1C2=O. The van der Waals surface area contributed by atoms with Gasteiger partial charge >= 0.3 is 0 Å². The molecule has 2 aromatic carbocycles. The van der Waals surface area contributed by atoms with Crippen LogP contribution in [0.1, 0.15) is 57.2 Å². The van der Waals surface area contributed by atoms with Crippen molar-refractivity contribution in [3.05, 3.63) is 52.1 Å². The van der Waals surface area contributed by atoms with Crippen LogP contribution < -0.4 is 4.74 Å². The molecule has 5 rings (SSSR count). The zero-order valence-corrected chi connectivity index (χ0v) is 25.8. The molecule has 0 radical (unpaired) electrons. The van der Waals surface area contributed by atoms with Crippen molar-refractivity contribution >= 4 is 17.3 Å². The first-order valence-corrected chi connectivity index (χ1v) is 15.0. The molecule has 0 bridgehead atoms. The molecule has 0 spiro atoms. The van der Waals surface area contributed by atoms with Gasteiger partial charge in [0.2, 0.25) is 5.78 Å². The van der Waals surface area contributed by atoms with Crippen molar-refractivity contribution in [2.75, 3.05) is 47.1 Å². The van der Waals surface area contributed by atoms with Gasteiger partial charge in [-0.1, -0.05) is 12.1 Å². The summed E-state index contributed by atoms with van der Waals surface area (Å²) >= 11 is 0. The Morgan fingerprint density at radius 2 is 1.87 bits per heavy atom. The van der Waals surface area contributed by atoms with Gasteiger partial charge in [-0.05, 0) is 19.1 Å². The number of nitrogens with zero attached hydrogens (tertiary/aromatic N) is 1. The lowest BCUT2D eigenvalue weighted by Crippen LogP contribution is -2.59. The van der Waals surface area contributed by atoms with Gasteiger partial charge in [0.05, 0.1) is 49.2 Å². The van der Waals surface area contributed by atoms with Crippen molar-refractivity contribution in [2.24, 2.45) is 0 Å². The third-order valence-corrected chi connectivity index (χ3v) is 8.97. The number of aromatic hydroxyl groups is 2. The fourth-order valence-electron chi connectivity index (χ4n) is 6.41. The number of methoxy groups -OCH3 is 2. The second-order valence-corrected chi connectivity index (χ2v) is 11.7. The van der Waals surface area contributed by atoms with E-state index in [-0.39, 0.29) is 47.9 Å². The third kappa shape index (κ3) is 6.27. The number of benzene rings is 2. The molecule has 14 nitrogen and oxygen atoms in total. The summed E-state index contributed by atoms with van der Waals surface area (Å²) in [6.45, 7) is 1.86. The number of aliphatic hydroxyl groups excluding tert-OH is 2. The van der Waals surface area contributed by atoms with Crippen molar-refractivity contribution in [3.63, 3.8) is 0 Å². The molecule has 0 aromatic heterocycles. The first-order chi connectivity index (χ1) is 21.9. The van der Waals surface area contributed by atoms with Gasteiger partial charge < -0.3 is 49.2 Å². The summed E-state index contributed by atoms with van der Waals surface area (Å²) in [6.07, 6.45) is -3.36. The van der Waals surface area contributed by atoms with Crippen LogP contribution in [0.3, 0.4) is 0 Å². The molecule has 250 valence electrons. The van der Waals surface area contributed by atoms with E-state index in [2.05, 4.69) is 0 Å². The van der Waals surface area contributed by atoms with Crippen LogP contribution in [0.15, 0.2) is 24.3 Å². The average Bonchev–Trinajstić information content (AvgIpc) is 3.05. The van der Waals surface area contributed by atoms with Crippen LogP contribution in [0.25, 0.3) is 0 Å². The molecule has 0 unspecified atom stereocenters. The Morgan fingerprint density at radius 3 is 2.57 bits per heavy atom. The highest BCUT2D eigenvalue weighted by atomic mass is 16.7. The Morgan fingerprint density at radius 1 is 1.11 bits per heavy atom. The van der Waals surface area contributed by atoms with Gasteiger partial charge in [-0.2, -0.15) is 0 Å². The number of ketones is 3. The van der Waals surface area contributed by atoms with Crippen molar-refractivity contribution in [3.8, 4) is 17.2 Å². The Kier molecular flexibility index (Phi) is 10.1. The number of carbonyl (C=O) groups excluding carboxylic acids is 3. The maximum Gasteiger partial charge on any atom is 0.202 e. The number of hydrogen-bond acceptors (Lipinski definition) is 14. The maximum atomic E-state index is 13.5. The summed E-state index contributed by atoms with van der Waals surface area (Å²) in [5.74, 6) is -3.69. The number of Topliss-reactive ketones (excluding diaryl/α,β-unsaturated/α-hetero) is 1. The molecule has 6 atom stereocenters. The maximum absolute atomic E-state index is 13.5. The number of rotatable bonds is 11. The van der Waals surface area contributed by atoms with Crippen molar-refractivity contribution in [2.45, 2.75) is 62.6 Å². The highest BCUT2D eigenvalue weighted by molar-refractivity contribution is 6.31. The zero-order chi connectivity index (χ0) is 33.3. The molecule has 1 aliphatic carbocycles. The summed E-state index contributed by atoms with van der Waals surface area (Å²) in [7, 11) is 2.87. The largest absolute Gasteiger partial charge is 0.507 e. The van der Waals surface area contributed by atoms with Crippen LogP contribution in [-0.4, -0.2) is 131 Å². The molecule has 2 saturated heterocycles. The van der Waals surface area contributed by atoms with Crippen molar-refractivity contribution in [1.29, 1.82) is 0 Å². The summed E-state index contributed by atoms with van der Waals surface area (Å²) in [5.41, 5.74) is -3.50. The van der Waals surface area contributed by atoms with E-state index in [1.165, 1.54) is 32.4 Å². The van der Waals surface area contributed by atoms with Crippen LogP contribution >= 0.6 is 0 Å². The van der Waals surface area contributed by atoms with Gasteiger partial charge in [0.25, 0.3) is 0 Å². The van der Waals surface area contributed by atoms with Crippen LogP contribution in [0, 0.1) is 0 Å². The van der Waals surface area contributed by atoms with Crippen LogP contribution in [0.5, 0.6) is 17.2 Å². The first-order valence-electron chi connectivity index (χ1n) is 15.0. The van der Waals surface area contributed by atoms with Crippen LogP contribution in [0.2, 0.25) is 0 Å². The molecule has 2 heterocycles. The van der Waals surface area contributed by atoms with Crippen molar-refractivity contribution < 1.29 is 63.6 Å². The predicted octanol–water partition coefficient (Wildman–Crippen LogP) is 0.293. The minimum absolute atomic E-state index is 0.0428. The normalized spacial score (nSPS) is 26.3. The van der Waals surface area contributed by atoms with Gasteiger partial charge in [-0.3, -0.25) is 19.3 Å². The summed E-state index contributed by atoms with van der Waals surface area (Å²) in [6, 6.07) is 5.05. The van der Waals surface area contributed by atoms with E-state index in [4.69, 9.17) is 23.7 Å². The number of phenols is 2. The topological polar surface area (TPSA) is 202 Å². The number of morpholine rings is 1. The smallest absolute Gasteiger partial charge is 0.202 e. The highest BCUT2D eigenvalue weighted by Gasteiger charge is 2.43. The number of hydrogen-bond donors (Lipinski definition) is 5. The van der Waals surface area contributed by atoms with Gasteiger partial charge in [0.15, 0.2) is 24.1 Å². The fraction of sp³-hybridized carbons (Fsp3) is 0.531. The molecule has 14 heteroatoms. The Balaban J connectivity index is 1.34. The van der Waals surface area contributed by atoms with Gasteiger partial charge in [0.1, 0.15) is 29.5 Å². The first kappa shape index (κ1) is 33.9. The van der Waals surface area contributed by atoms with Crippen LogP contribution in [0.4, 0.5) is 0 Å².